The minimum absolute atomic E-state index is 0.0739. The third-order valence-corrected chi connectivity index (χ3v) is 3.04. The van der Waals surface area contributed by atoms with Gasteiger partial charge in [0.25, 0.3) is 0 Å². The number of unbranched alkanes of at least 4 members (excludes halogenated alkanes) is 3. The number of rotatable bonds is 4. The van der Waals surface area contributed by atoms with E-state index in [1.54, 1.807) is 0 Å². The molecule has 1 aliphatic carbocycles. The Morgan fingerprint density at radius 1 is 1.20 bits per heavy atom. The van der Waals surface area contributed by atoms with E-state index in [0.717, 1.165) is 12.8 Å². The fourth-order valence-corrected chi connectivity index (χ4v) is 1.71. The van der Waals surface area contributed by atoms with Crippen LogP contribution in [0.3, 0.4) is 0 Å². The zero-order chi connectivity index (χ0) is 15.2. The van der Waals surface area contributed by atoms with Gasteiger partial charge in [0.2, 0.25) is 0 Å². The molecule has 0 atom stereocenters. The summed E-state index contributed by atoms with van der Waals surface area (Å²) in [6, 6.07) is 0. The second-order valence-corrected chi connectivity index (χ2v) is 5.00. The minimum atomic E-state index is -4.44. The molecule has 1 aromatic rings. The molecule has 0 unspecified atom stereocenters. The molecule has 0 radical (unpaired) electrons. The lowest BCUT2D eigenvalue weighted by Crippen LogP contribution is -2.12. The molecule has 1 aliphatic rings. The maximum atomic E-state index is 12.2. The minimum Gasteiger partial charge on any atom is -0.382 e. The average molecular weight is 289 g/mol. The van der Waals surface area contributed by atoms with Gasteiger partial charge in [0, 0.05) is 5.92 Å². The van der Waals surface area contributed by atoms with Gasteiger partial charge in [-0.15, -0.1) is 0 Å². The van der Waals surface area contributed by atoms with Crippen molar-refractivity contribution in [3.63, 3.8) is 0 Å². The van der Waals surface area contributed by atoms with Crippen molar-refractivity contribution in [1.29, 1.82) is 0 Å². The number of alkyl halides is 3. The van der Waals surface area contributed by atoms with E-state index in [-0.39, 0.29) is 11.7 Å². The van der Waals surface area contributed by atoms with Gasteiger partial charge in [-0.3, -0.25) is 0 Å². The van der Waals surface area contributed by atoms with E-state index < -0.39 is 11.9 Å². The quantitative estimate of drug-likeness (QED) is 0.828. The summed E-state index contributed by atoms with van der Waals surface area (Å²) in [5, 5.41) is 0. The van der Waals surface area contributed by atoms with Crippen molar-refractivity contribution in [1.82, 2.24) is 9.97 Å². The van der Waals surface area contributed by atoms with E-state index in [4.69, 9.17) is 5.73 Å². The number of hydrogen-bond acceptors (Lipinski definition) is 3. The number of nitrogens with zero attached hydrogens (tertiary/aromatic N) is 2. The number of halogens is 3. The average Bonchev–Trinajstić information content (AvgIpc) is 3.20. The first kappa shape index (κ1) is 16.7. The highest BCUT2D eigenvalue weighted by molar-refractivity contribution is 5.39. The molecule has 1 saturated carbocycles. The Kier molecular flexibility index (Phi) is 6.23. The summed E-state index contributed by atoms with van der Waals surface area (Å²) in [6.07, 6.45) is 3.46. The molecule has 6 heteroatoms. The first-order valence-electron chi connectivity index (χ1n) is 7.09. The van der Waals surface area contributed by atoms with Crippen LogP contribution in [0.1, 0.15) is 69.7 Å². The van der Waals surface area contributed by atoms with E-state index in [1.807, 2.05) is 0 Å². The Labute approximate surface area is 117 Å². The lowest BCUT2D eigenvalue weighted by atomic mass is 10.2. The molecular formula is C14H22F3N3. The van der Waals surface area contributed by atoms with Crippen molar-refractivity contribution >= 4 is 5.82 Å². The van der Waals surface area contributed by atoms with Crippen LogP contribution in [0, 0.1) is 0 Å². The van der Waals surface area contributed by atoms with Gasteiger partial charge in [-0.1, -0.05) is 39.5 Å². The Morgan fingerprint density at radius 3 is 2.15 bits per heavy atom. The predicted molar refractivity (Wildman–Crippen MR) is 73.2 cm³/mol. The summed E-state index contributed by atoms with van der Waals surface area (Å²) in [4.78, 5) is 7.00. The van der Waals surface area contributed by atoms with Crippen LogP contribution < -0.4 is 5.73 Å². The largest absolute Gasteiger partial charge is 0.434 e. The number of nitrogens with two attached hydrogens (primary N) is 1. The van der Waals surface area contributed by atoms with Crippen molar-refractivity contribution in [2.75, 3.05) is 5.73 Å². The predicted octanol–water partition coefficient (Wildman–Crippen LogP) is 4.54. The third kappa shape index (κ3) is 5.35. The first-order chi connectivity index (χ1) is 9.40. The molecular weight excluding hydrogens is 267 g/mol. The second-order valence-electron chi connectivity index (χ2n) is 5.00. The summed E-state index contributed by atoms with van der Waals surface area (Å²) in [6.45, 7) is 4.46. The molecule has 0 aliphatic heterocycles. The zero-order valence-corrected chi connectivity index (χ0v) is 12.0. The first-order valence-corrected chi connectivity index (χ1v) is 7.09. The van der Waals surface area contributed by atoms with E-state index in [1.165, 1.54) is 25.7 Å². The van der Waals surface area contributed by atoms with Crippen LogP contribution in [0.15, 0.2) is 6.20 Å². The monoisotopic (exact) mass is 289 g/mol. The van der Waals surface area contributed by atoms with Gasteiger partial charge in [0.15, 0.2) is 5.69 Å². The van der Waals surface area contributed by atoms with Crippen LogP contribution in [-0.2, 0) is 6.18 Å². The normalized spacial score (nSPS) is 14.7. The van der Waals surface area contributed by atoms with Gasteiger partial charge in [-0.05, 0) is 12.8 Å². The fraction of sp³-hybridized carbons (Fsp3) is 0.714. The molecule has 1 aromatic heterocycles. The van der Waals surface area contributed by atoms with Crippen molar-refractivity contribution in [3.8, 4) is 0 Å². The number of hydrogen-bond donors (Lipinski definition) is 1. The molecule has 114 valence electrons. The Balaban J connectivity index is 0.000000286. The third-order valence-electron chi connectivity index (χ3n) is 3.04. The van der Waals surface area contributed by atoms with E-state index in [0.29, 0.717) is 11.9 Å². The Bertz CT molecular complexity index is 411. The molecule has 1 heterocycles. The van der Waals surface area contributed by atoms with Gasteiger partial charge < -0.3 is 5.73 Å². The van der Waals surface area contributed by atoms with Crippen LogP contribution in [0.4, 0.5) is 19.0 Å². The molecule has 0 amide bonds. The van der Waals surface area contributed by atoms with E-state index in [9.17, 15) is 13.2 Å². The highest BCUT2D eigenvalue weighted by Crippen LogP contribution is 2.41. The molecule has 20 heavy (non-hydrogen) atoms. The van der Waals surface area contributed by atoms with E-state index in [2.05, 4.69) is 23.8 Å². The molecule has 1 fully saturated rings. The van der Waals surface area contributed by atoms with Gasteiger partial charge in [-0.2, -0.15) is 13.2 Å². The Morgan fingerprint density at radius 2 is 1.75 bits per heavy atom. The number of anilines is 1. The maximum Gasteiger partial charge on any atom is 0.434 e. The van der Waals surface area contributed by atoms with Gasteiger partial charge in [0.05, 0.1) is 11.9 Å². The Hall–Kier alpha value is -1.33. The van der Waals surface area contributed by atoms with Crippen molar-refractivity contribution in [2.24, 2.45) is 0 Å². The fourth-order valence-electron chi connectivity index (χ4n) is 1.71. The molecule has 2 rings (SSSR count). The second kappa shape index (κ2) is 7.45. The summed E-state index contributed by atoms with van der Waals surface area (Å²) in [7, 11) is 0. The zero-order valence-electron chi connectivity index (χ0n) is 12.0. The van der Waals surface area contributed by atoms with Crippen molar-refractivity contribution < 1.29 is 13.2 Å². The highest BCUT2D eigenvalue weighted by atomic mass is 19.4. The number of nitrogen functional groups attached to an aromatic ring is 1. The maximum absolute atomic E-state index is 12.2. The SMILES string of the molecule is CCCCCC.Nc1ncc(C(F)(F)F)nc1C1CC1. The van der Waals surface area contributed by atoms with Crippen molar-refractivity contribution in [3.05, 3.63) is 17.6 Å². The smallest absolute Gasteiger partial charge is 0.382 e. The van der Waals surface area contributed by atoms with Gasteiger partial charge in [-0.25, -0.2) is 9.97 Å². The molecule has 0 saturated heterocycles. The standard InChI is InChI=1S/C8H8F3N3.C6H14/c9-8(10,11)5-3-13-7(12)6(14-5)4-1-2-4;1-3-5-6-4-2/h3-4H,1-2H2,(H2,12,13);3-6H2,1-2H3. The van der Waals surface area contributed by atoms with Gasteiger partial charge in [0.1, 0.15) is 5.82 Å². The topological polar surface area (TPSA) is 51.8 Å². The summed E-state index contributed by atoms with van der Waals surface area (Å²) in [5.74, 6) is 0.185. The molecule has 0 spiro atoms. The van der Waals surface area contributed by atoms with Crippen LogP contribution >= 0.6 is 0 Å². The van der Waals surface area contributed by atoms with Crippen LogP contribution in [0.5, 0.6) is 0 Å². The summed E-state index contributed by atoms with van der Waals surface area (Å²) < 4.78 is 36.7. The molecule has 0 aromatic carbocycles. The molecule has 2 N–H and O–H groups in total. The molecule has 0 bridgehead atoms. The summed E-state index contributed by atoms with van der Waals surface area (Å²) in [5.41, 5.74) is 4.76. The highest BCUT2D eigenvalue weighted by Gasteiger charge is 2.36. The van der Waals surface area contributed by atoms with Gasteiger partial charge >= 0.3 is 6.18 Å². The van der Waals surface area contributed by atoms with Crippen LogP contribution in [-0.4, -0.2) is 9.97 Å². The van der Waals surface area contributed by atoms with E-state index >= 15 is 0 Å². The summed E-state index contributed by atoms with van der Waals surface area (Å²) >= 11 is 0. The van der Waals surface area contributed by atoms with Crippen molar-refractivity contribution in [2.45, 2.75) is 64.5 Å². The number of aromatic nitrogens is 2. The lowest BCUT2D eigenvalue weighted by Gasteiger charge is -2.08. The molecule has 3 nitrogen and oxygen atoms in total. The lowest BCUT2D eigenvalue weighted by molar-refractivity contribution is -0.141. The van der Waals surface area contributed by atoms with Crippen LogP contribution in [0.2, 0.25) is 0 Å². The van der Waals surface area contributed by atoms with Crippen LogP contribution in [0.25, 0.3) is 0 Å².